The number of aliphatic carboxylic acids is 1. The van der Waals surface area contributed by atoms with Crippen LogP contribution < -0.4 is 10.9 Å². The molecule has 1 unspecified atom stereocenters. The van der Waals surface area contributed by atoms with E-state index in [1.807, 2.05) is 37.3 Å². The number of hydrogen-bond acceptors (Lipinski definition) is 6. The summed E-state index contributed by atoms with van der Waals surface area (Å²) in [7, 11) is 0. The number of carboxylic acids is 1. The van der Waals surface area contributed by atoms with E-state index >= 15 is 0 Å². The van der Waals surface area contributed by atoms with E-state index in [-0.39, 0.29) is 17.7 Å². The number of thioether (sulfide) groups is 1. The molecule has 0 aliphatic heterocycles. The number of para-hydroxylation sites is 1. The van der Waals surface area contributed by atoms with Crippen molar-refractivity contribution < 1.29 is 19.4 Å². The van der Waals surface area contributed by atoms with Crippen molar-refractivity contribution >= 4 is 34.5 Å². The lowest BCUT2D eigenvalue weighted by atomic mass is 10.1. The Morgan fingerprint density at radius 2 is 1.88 bits per heavy atom. The van der Waals surface area contributed by atoms with E-state index in [9.17, 15) is 19.5 Å². The van der Waals surface area contributed by atoms with Crippen LogP contribution in [0.3, 0.4) is 0 Å². The Kier molecular flexibility index (Phi) is 9.03. The van der Waals surface area contributed by atoms with Crippen molar-refractivity contribution in [2.45, 2.75) is 37.5 Å². The van der Waals surface area contributed by atoms with Crippen molar-refractivity contribution in [3.05, 3.63) is 70.5 Å². The molecule has 33 heavy (non-hydrogen) atoms. The molecule has 3 aromatic rings. The molecule has 0 saturated carbocycles. The molecule has 3 rings (SSSR count). The second kappa shape index (κ2) is 12.2. The van der Waals surface area contributed by atoms with Gasteiger partial charge in [0.1, 0.15) is 6.04 Å². The monoisotopic (exact) mass is 469 g/mol. The fraction of sp³-hybridized carbons (Fsp3) is 0.333. The first-order valence-electron chi connectivity index (χ1n) is 10.8. The van der Waals surface area contributed by atoms with E-state index in [0.717, 1.165) is 17.3 Å². The molecule has 0 saturated heterocycles. The molecule has 2 N–H and O–H groups in total. The average molecular weight is 470 g/mol. The normalized spacial score (nSPS) is 11.9. The van der Waals surface area contributed by atoms with Gasteiger partial charge in [-0.15, -0.1) is 0 Å². The summed E-state index contributed by atoms with van der Waals surface area (Å²) < 4.78 is 6.93. The lowest BCUT2D eigenvalue weighted by Gasteiger charge is -2.16. The predicted molar refractivity (Wildman–Crippen MR) is 128 cm³/mol. The summed E-state index contributed by atoms with van der Waals surface area (Å²) in [5, 5.41) is 13.0. The second-order valence-electron chi connectivity index (χ2n) is 7.36. The van der Waals surface area contributed by atoms with Crippen LogP contribution in [0.15, 0.2) is 64.5 Å². The van der Waals surface area contributed by atoms with E-state index in [1.165, 1.54) is 0 Å². The molecule has 0 radical (unpaired) electrons. The third kappa shape index (κ3) is 6.90. The Bertz CT molecular complexity index is 1150. The van der Waals surface area contributed by atoms with E-state index in [1.54, 1.807) is 28.8 Å². The Balaban J connectivity index is 1.72. The van der Waals surface area contributed by atoms with Gasteiger partial charge in [0.15, 0.2) is 5.16 Å². The molecule has 9 heteroatoms. The van der Waals surface area contributed by atoms with Gasteiger partial charge in [0.25, 0.3) is 5.56 Å². The van der Waals surface area contributed by atoms with Gasteiger partial charge in [-0.25, -0.2) is 9.78 Å². The predicted octanol–water partition coefficient (Wildman–Crippen LogP) is 2.73. The molecule has 1 aromatic heterocycles. The largest absolute Gasteiger partial charge is 0.480 e. The number of nitrogens with one attached hydrogen (secondary N) is 1. The van der Waals surface area contributed by atoms with Gasteiger partial charge in [-0.2, -0.15) is 0 Å². The van der Waals surface area contributed by atoms with Gasteiger partial charge >= 0.3 is 5.97 Å². The SMILES string of the molecule is CCOCCCn1c(SCC(=O)NC(Cc2ccccc2)C(=O)O)nc2ccccc2c1=O. The highest BCUT2D eigenvalue weighted by Crippen LogP contribution is 2.18. The maximum Gasteiger partial charge on any atom is 0.326 e. The highest BCUT2D eigenvalue weighted by Gasteiger charge is 2.21. The summed E-state index contributed by atoms with van der Waals surface area (Å²) in [5.41, 5.74) is 1.20. The van der Waals surface area contributed by atoms with Crippen LogP contribution in [0.4, 0.5) is 0 Å². The van der Waals surface area contributed by atoms with Gasteiger partial charge in [0, 0.05) is 26.2 Å². The van der Waals surface area contributed by atoms with Gasteiger partial charge in [-0.05, 0) is 31.0 Å². The Hall–Kier alpha value is -3.17. The number of amides is 1. The zero-order valence-electron chi connectivity index (χ0n) is 18.4. The van der Waals surface area contributed by atoms with Crippen molar-refractivity contribution in [2.75, 3.05) is 19.0 Å². The summed E-state index contributed by atoms with van der Waals surface area (Å²) >= 11 is 1.11. The lowest BCUT2D eigenvalue weighted by Crippen LogP contribution is -2.43. The fourth-order valence-electron chi connectivity index (χ4n) is 3.34. The summed E-state index contributed by atoms with van der Waals surface area (Å²) in [4.78, 5) is 41.8. The summed E-state index contributed by atoms with van der Waals surface area (Å²) in [6.07, 6.45) is 0.814. The number of nitrogens with zero attached hydrogens (tertiary/aromatic N) is 2. The molecule has 8 nitrogen and oxygen atoms in total. The number of benzene rings is 2. The first-order chi connectivity index (χ1) is 16.0. The molecular formula is C24H27N3O5S. The molecule has 1 amide bonds. The van der Waals surface area contributed by atoms with Gasteiger partial charge in [-0.3, -0.25) is 14.2 Å². The van der Waals surface area contributed by atoms with E-state index in [2.05, 4.69) is 10.3 Å². The van der Waals surface area contributed by atoms with Crippen molar-refractivity contribution in [3.63, 3.8) is 0 Å². The molecule has 0 aliphatic carbocycles. The van der Waals surface area contributed by atoms with Crippen LogP contribution in [-0.4, -0.2) is 51.5 Å². The molecule has 0 aliphatic rings. The maximum atomic E-state index is 13.0. The van der Waals surface area contributed by atoms with E-state index in [0.29, 0.717) is 42.2 Å². The van der Waals surface area contributed by atoms with Crippen LogP contribution in [0.5, 0.6) is 0 Å². The Labute approximate surface area is 196 Å². The Morgan fingerprint density at radius 1 is 1.15 bits per heavy atom. The first-order valence-corrected chi connectivity index (χ1v) is 11.7. The molecule has 0 fully saturated rings. The minimum absolute atomic E-state index is 0.0607. The number of aromatic nitrogens is 2. The van der Waals surface area contributed by atoms with Crippen LogP contribution in [-0.2, 0) is 27.3 Å². The molecule has 1 heterocycles. The number of carboxylic acid groups (broad SMARTS) is 1. The highest BCUT2D eigenvalue weighted by atomic mass is 32.2. The third-order valence-corrected chi connectivity index (χ3v) is 5.93. The highest BCUT2D eigenvalue weighted by molar-refractivity contribution is 7.99. The van der Waals surface area contributed by atoms with Gasteiger partial charge in [0.2, 0.25) is 5.91 Å². The standard InChI is InChI=1S/C24H27N3O5S/c1-2-32-14-8-13-27-22(29)18-11-6-7-12-19(18)26-24(27)33-16-21(28)25-20(23(30)31)15-17-9-4-3-5-10-17/h3-7,9-12,20H,2,8,13-16H2,1H3,(H,25,28)(H,30,31). The van der Waals surface area contributed by atoms with Gasteiger partial charge in [-0.1, -0.05) is 54.2 Å². The van der Waals surface area contributed by atoms with Crippen molar-refractivity contribution in [1.29, 1.82) is 0 Å². The van der Waals surface area contributed by atoms with Crippen LogP contribution in [0.2, 0.25) is 0 Å². The molecule has 1 atom stereocenters. The zero-order chi connectivity index (χ0) is 23.6. The number of carbonyl (C=O) groups is 2. The summed E-state index contributed by atoms with van der Waals surface area (Å²) in [6, 6.07) is 15.2. The van der Waals surface area contributed by atoms with E-state index in [4.69, 9.17) is 4.74 Å². The third-order valence-electron chi connectivity index (χ3n) is 4.95. The number of ether oxygens (including phenoxy) is 1. The summed E-state index contributed by atoms with van der Waals surface area (Å²) in [6.45, 7) is 3.43. The van der Waals surface area contributed by atoms with E-state index < -0.39 is 17.9 Å². The Morgan fingerprint density at radius 3 is 2.61 bits per heavy atom. The molecular weight excluding hydrogens is 442 g/mol. The number of carbonyl (C=O) groups excluding carboxylic acids is 1. The van der Waals surface area contributed by atoms with Crippen molar-refractivity contribution in [2.24, 2.45) is 0 Å². The minimum Gasteiger partial charge on any atom is -0.480 e. The molecule has 0 bridgehead atoms. The van der Waals surface area contributed by atoms with Crippen LogP contribution in [0.25, 0.3) is 10.9 Å². The molecule has 174 valence electrons. The van der Waals surface area contributed by atoms with Crippen molar-refractivity contribution in [3.8, 4) is 0 Å². The number of hydrogen-bond donors (Lipinski definition) is 2. The molecule has 0 spiro atoms. The lowest BCUT2D eigenvalue weighted by molar-refractivity contribution is -0.141. The van der Waals surface area contributed by atoms with Crippen LogP contribution in [0, 0.1) is 0 Å². The molecule has 2 aromatic carbocycles. The van der Waals surface area contributed by atoms with Gasteiger partial charge in [0.05, 0.1) is 16.7 Å². The topological polar surface area (TPSA) is 111 Å². The second-order valence-corrected chi connectivity index (χ2v) is 8.30. The maximum absolute atomic E-state index is 13.0. The number of rotatable bonds is 12. The van der Waals surface area contributed by atoms with Crippen LogP contribution in [0.1, 0.15) is 18.9 Å². The van der Waals surface area contributed by atoms with Crippen LogP contribution >= 0.6 is 11.8 Å². The minimum atomic E-state index is -1.10. The average Bonchev–Trinajstić information content (AvgIpc) is 2.82. The fourth-order valence-corrected chi connectivity index (χ4v) is 4.18. The smallest absolute Gasteiger partial charge is 0.326 e. The summed E-state index contributed by atoms with van der Waals surface area (Å²) in [5.74, 6) is -1.60. The quantitative estimate of drug-likeness (QED) is 0.238. The zero-order valence-corrected chi connectivity index (χ0v) is 19.2. The number of fused-ring (bicyclic) bond motifs is 1. The van der Waals surface area contributed by atoms with Gasteiger partial charge < -0.3 is 15.2 Å². The first kappa shape index (κ1) is 24.5. The van der Waals surface area contributed by atoms with Crippen molar-refractivity contribution in [1.82, 2.24) is 14.9 Å².